The quantitative estimate of drug-likeness (QED) is 0.659. The van der Waals surface area contributed by atoms with Crippen LogP contribution >= 0.6 is 0 Å². The van der Waals surface area contributed by atoms with Crippen molar-refractivity contribution in [3.63, 3.8) is 0 Å². The van der Waals surface area contributed by atoms with Gasteiger partial charge in [-0.1, -0.05) is 0 Å². The molecule has 1 rings (SSSR count). The maximum atomic E-state index is 11.2. The zero-order valence-corrected chi connectivity index (χ0v) is 9.42. The molecule has 0 unspecified atom stereocenters. The second kappa shape index (κ2) is 6.94. The van der Waals surface area contributed by atoms with Gasteiger partial charge in [-0.15, -0.1) is 0 Å². The van der Waals surface area contributed by atoms with Crippen LogP contribution in [0.5, 0.6) is 0 Å². The lowest BCUT2D eigenvalue weighted by atomic mass is 10.3. The first-order valence-corrected chi connectivity index (χ1v) is 5.14. The van der Waals surface area contributed by atoms with Gasteiger partial charge in [0.1, 0.15) is 0 Å². The highest BCUT2D eigenvalue weighted by Gasteiger charge is 2.09. The predicted molar refractivity (Wildman–Crippen MR) is 59.3 cm³/mol. The van der Waals surface area contributed by atoms with E-state index in [1.54, 1.807) is 12.1 Å². The summed E-state index contributed by atoms with van der Waals surface area (Å²) in [4.78, 5) is 32.5. The van der Waals surface area contributed by atoms with Gasteiger partial charge in [0, 0.05) is 12.6 Å². The summed E-state index contributed by atoms with van der Waals surface area (Å²) in [6, 6.07) is 2.63. The van der Waals surface area contributed by atoms with Gasteiger partial charge in [0.15, 0.2) is 0 Å². The molecule has 0 saturated carbocycles. The molecular weight excluding hydrogens is 240 g/mol. The Kier molecular flexibility index (Phi) is 5.23. The number of carboxylic acid groups (broad SMARTS) is 1. The molecule has 8 heteroatoms. The first-order chi connectivity index (χ1) is 8.58. The Morgan fingerprint density at radius 2 is 2.06 bits per heavy atom. The molecule has 0 aliphatic rings. The van der Waals surface area contributed by atoms with Gasteiger partial charge >= 0.3 is 12.0 Å². The van der Waals surface area contributed by atoms with E-state index in [-0.39, 0.29) is 19.4 Å². The summed E-state index contributed by atoms with van der Waals surface area (Å²) >= 11 is 0. The van der Waals surface area contributed by atoms with Crippen molar-refractivity contribution in [2.45, 2.75) is 19.4 Å². The molecule has 1 aromatic rings. The molecule has 1 aromatic heterocycles. The first kappa shape index (κ1) is 13.6. The number of nitrogens with zero attached hydrogens (tertiary/aromatic N) is 2. The average molecular weight is 252 g/mol. The fraction of sp³-hybridized carbons (Fsp3) is 0.300. The Balaban J connectivity index is 2.25. The lowest BCUT2D eigenvalue weighted by Crippen LogP contribution is -2.39. The number of carboxylic acids is 1. The van der Waals surface area contributed by atoms with Crippen LogP contribution in [0.4, 0.5) is 4.79 Å². The Labute approximate surface area is 102 Å². The van der Waals surface area contributed by atoms with Crippen molar-refractivity contribution in [3.8, 4) is 0 Å². The maximum absolute atomic E-state index is 11.2. The molecule has 3 amide bonds. The largest absolute Gasteiger partial charge is 0.481 e. The molecule has 0 aromatic carbocycles. The van der Waals surface area contributed by atoms with Crippen LogP contribution < -0.4 is 10.6 Å². The van der Waals surface area contributed by atoms with Crippen molar-refractivity contribution in [1.29, 1.82) is 0 Å². The summed E-state index contributed by atoms with van der Waals surface area (Å²) in [6.45, 7) is 0.131. The van der Waals surface area contributed by atoms with Crippen LogP contribution in [0.3, 0.4) is 0 Å². The summed E-state index contributed by atoms with van der Waals surface area (Å²) in [7, 11) is 0. The summed E-state index contributed by atoms with van der Waals surface area (Å²) in [5.41, 5.74) is 0.547. The highest BCUT2D eigenvalue weighted by atomic mass is 16.4. The van der Waals surface area contributed by atoms with E-state index in [9.17, 15) is 14.4 Å². The highest BCUT2D eigenvalue weighted by Crippen LogP contribution is 1.90. The second-order valence-electron chi connectivity index (χ2n) is 3.34. The molecule has 0 aliphatic carbocycles. The van der Waals surface area contributed by atoms with Crippen LogP contribution in [0.25, 0.3) is 0 Å². The molecule has 0 fully saturated rings. The van der Waals surface area contributed by atoms with Crippen LogP contribution in [0.2, 0.25) is 0 Å². The van der Waals surface area contributed by atoms with Gasteiger partial charge in [-0.25, -0.2) is 4.79 Å². The number of urea groups is 1. The molecule has 0 bridgehead atoms. The minimum atomic E-state index is -1.09. The number of aliphatic carboxylic acids is 1. The molecule has 96 valence electrons. The molecule has 0 spiro atoms. The van der Waals surface area contributed by atoms with Gasteiger partial charge in [0.2, 0.25) is 5.91 Å². The molecule has 0 aliphatic heterocycles. The summed E-state index contributed by atoms with van der Waals surface area (Å²) in [6.07, 6.45) is 0.941. The Hall–Kier alpha value is -2.51. The highest BCUT2D eigenvalue weighted by molar-refractivity contribution is 5.95. The van der Waals surface area contributed by atoms with E-state index in [2.05, 4.69) is 15.5 Å². The van der Waals surface area contributed by atoms with Crippen molar-refractivity contribution >= 4 is 17.9 Å². The van der Waals surface area contributed by atoms with Gasteiger partial charge in [-0.3, -0.25) is 14.9 Å². The van der Waals surface area contributed by atoms with E-state index in [0.717, 1.165) is 0 Å². The van der Waals surface area contributed by atoms with Gasteiger partial charge in [0.25, 0.3) is 0 Å². The number of imide groups is 1. The van der Waals surface area contributed by atoms with Crippen LogP contribution in [0.1, 0.15) is 18.5 Å². The van der Waals surface area contributed by atoms with Gasteiger partial charge in [-0.2, -0.15) is 10.2 Å². The molecule has 8 nitrogen and oxygen atoms in total. The van der Waals surface area contributed by atoms with E-state index in [4.69, 9.17) is 5.11 Å². The van der Waals surface area contributed by atoms with E-state index < -0.39 is 17.9 Å². The Morgan fingerprint density at radius 1 is 1.28 bits per heavy atom. The molecule has 18 heavy (non-hydrogen) atoms. The number of amides is 3. The lowest BCUT2D eigenvalue weighted by molar-refractivity contribution is -0.138. The average Bonchev–Trinajstić information content (AvgIpc) is 2.35. The Morgan fingerprint density at radius 3 is 2.67 bits per heavy atom. The summed E-state index contributed by atoms with van der Waals surface area (Å²) in [5.74, 6) is -1.74. The van der Waals surface area contributed by atoms with E-state index in [1.165, 1.54) is 6.20 Å². The third kappa shape index (κ3) is 5.54. The monoisotopic (exact) mass is 252 g/mol. The van der Waals surface area contributed by atoms with Crippen LogP contribution in [0, 0.1) is 0 Å². The molecule has 0 saturated heterocycles. The van der Waals surface area contributed by atoms with Crippen molar-refractivity contribution in [3.05, 3.63) is 24.0 Å². The molecule has 3 N–H and O–H groups in total. The number of rotatable bonds is 5. The fourth-order valence-corrected chi connectivity index (χ4v) is 1.05. The van der Waals surface area contributed by atoms with Crippen molar-refractivity contribution in [1.82, 2.24) is 20.8 Å². The minimum Gasteiger partial charge on any atom is -0.481 e. The standard InChI is InChI=1S/C10H12N4O4/c15-8(3-4-9(16)17)13-10(18)11-6-7-2-1-5-12-14-7/h1-2,5H,3-4,6H2,(H,16,17)(H2,11,13,15,18). The van der Waals surface area contributed by atoms with E-state index in [0.29, 0.717) is 5.69 Å². The van der Waals surface area contributed by atoms with Crippen LogP contribution in [-0.4, -0.2) is 33.2 Å². The SMILES string of the molecule is O=C(O)CCC(=O)NC(=O)NCc1cccnn1. The second-order valence-corrected chi connectivity index (χ2v) is 3.34. The van der Waals surface area contributed by atoms with E-state index in [1.807, 2.05) is 5.32 Å². The van der Waals surface area contributed by atoms with Gasteiger partial charge < -0.3 is 10.4 Å². The summed E-state index contributed by atoms with van der Waals surface area (Å²) in [5, 5.41) is 20.1. The fourth-order valence-electron chi connectivity index (χ4n) is 1.05. The topological polar surface area (TPSA) is 121 Å². The molecule has 1 heterocycles. The summed E-state index contributed by atoms with van der Waals surface area (Å²) < 4.78 is 0. The number of aromatic nitrogens is 2. The molecule has 0 radical (unpaired) electrons. The number of carbonyl (C=O) groups excluding carboxylic acids is 2. The van der Waals surface area contributed by atoms with Crippen LogP contribution in [-0.2, 0) is 16.1 Å². The number of nitrogens with one attached hydrogen (secondary N) is 2. The predicted octanol–water partition coefficient (Wildman–Crippen LogP) is -0.333. The normalized spacial score (nSPS) is 9.56. The van der Waals surface area contributed by atoms with Gasteiger partial charge in [0.05, 0.1) is 18.7 Å². The third-order valence-electron chi connectivity index (χ3n) is 1.88. The number of hydrogen-bond donors (Lipinski definition) is 3. The maximum Gasteiger partial charge on any atom is 0.321 e. The zero-order chi connectivity index (χ0) is 13.4. The smallest absolute Gasteiger partial charge is 0.321 e. The molecule has 0 atom stereocenters. The number of carbonyl (C=O) groups is 3. The van der Waals surface area contributed by atoms with Crippen molar-refractivity contribution < 1.29 is 19.5 Å². The zero-order valence-electron chi connectivity index (χ0n) is 9.42. The van der Waals surface area contributed by atoms with Crippen LogP contribution in [0.15, 0.2) is 18.3 Å². The van der Waals surface area contributed by atoms with Crippen molar-refractivity contribution in [2.75, 3.05) is 0 Å². The lowest BCUT2D eigenvalue weighted by Gasteiger charge is -2.05. The minimum absolute atomic E-state index is 0.131. The van der Waals surface area contributed by atoms with Gasteiger partial charge in [-0.05, 0) is 12.1 Å². The van der Waals surface area contributed by atoms with Crippen molar-refractivity contribution in [2.24, 2.45) is 0 Å². The molecular formula is C10H12N4O4. The third-order valence-corrected chi connectivity index (χ3v) is 1.88. The Bertz CT molecular complexity index is 435. The first-order valence-electron chi connectivity index (χ1n) is 5.14. The van der Waals surface area contributed by atoms with E-state index >= 15 is 0 Å². The number of hydrogen-bond acceptors (Lipinski definition) is 5.